The highest BCUT2D eigenvalue weighted by Gasteiger charge is 2.68. The number of carbonyl (C=O) groups is 1. The number of ether oxygens (including phenoxy) is 1. The van der Waals surface area contributed by atoms with Crippen LogP contribution in [0.4, 0.5) is 0 Å². The Hall–Kier alpha value is -0.0300. The summed E-state index contributed by atoms with van der Waals surface area (Å²) in [4.78, 5) is 15.0. The lowest BCUT2D eigenvalue weighted by Crippen LogP contribution is -2.60. The Morgan fingerprint density at radius 1 is 1.18 bits per heavy atom. The first-order valence-electron chi connectivity index (χ1n) is 8.39. The van der Waals surface area contributed by atoms with E-state index in [4.69, 9.17) is 27.9 Å². The third-order valence-corrected chi connectivity index (χ3v) is 6.90. The minimum atomic E-state index is -0.893. The van der Waals surface area contributed by atoms with Gasteiger partial charge in [-0.3, -0.25) is 9.69 Å². The van der Waals surface area contributed by atoms with Crippen molar-refractivity contribution in [1.29, 1.82) is 0 Å². The normalized spacial score (nSPS) is 34.1. The molecule has 0 aromatic carbocycles. The molecule has 1 atom stereocenters. The van der Waals surface area contributed by atoms with Crippen LogP contribution in [0.1, 0.15) is 45.4 Å². The first kappa shape index (κ1) is 16.8. The fourth-order valence-electron chi connectivity index (χ4n) is 3.94. The van der Waals surface area contributed by atoms with Gasteiger partial charge in [-0.1, -0.05) is 19.3 Å². The SMILES string of the molecule is C[C@]1(C(=O)NCC2(N3CCOCC3)CCCCC2)CC1(Cl)Cl. The standard InChI is InChI=1S/C16H26Cl2N2O2/c1-14(11-16(14,17)18)13(21)19-12-15(5-3-2-4-6-15)20-7-9-22-10-8-20/h2-12H2,1H3,(H,19,21)/t14-/m1/s1. The van der Waals surface area contributed by atoms with Crippen molar-refractivity contribution in [2.24, 2.45) is 5.41 Å². The third kappa shape index (κ3) is 3.00. The van der Waals surface area contributed by atoms with Crippen LogP contribution in [0.25, 0.3) is 0 Å². The summed E-state index contributed by atoms with van der Waals surface area (Å²) < 4.78 is 4.60. The van der Waals surface area contributed by atoms with Crippen LogP contribution in [-0.2, 0) is 9.53 Å². The first-order chi connectivity index (χ1) is 10.4. The van der Waals surface area contributed by atoms with Gasteiger partial charge in [0.05, 0.1) is 18.6 Å². The lowest BCUT2D eigenvalue weighted by molar-refractivity contribution is -0.127. The molecule has 1 N–H and O–H groups in total. The maximum absolute atomic E-state index is 12.5. The number of hydrogen-bond acceptors (Lipinski definition) is 3. The molecule has 3 fully saturated rings. The Kier molecular flexibility index (Phi) is 4.68. The second-order valence-corrected chi connectivity index (χ2v) is 8.76. The zero-order valence-corrected chi connectivity index (χ0v) is 14.8. The average molecular weight is 349 g/mol. The van der Waals surface area contributed by atoms with Gasteiger partial charge in [-0.25, -0.2) is 0 Å². The molecule has 6 heteroatoms. The number of morpholine rings is 1. The van der Waals surface area contributed by atoms with Crippen LogP contribution in [-0.4, -0.2) is 53.5 Å². The van der Waals surface area contributed by atoms with E-state index >= 15 is 0 Å². The van der Waals surface area contributed by atoms with E-state index in [0.29, 0.717) is 13.0 Å². The highest BCUT2D eigenvalue weighted by atomic mass is 35.5. The molecule has 0 radical (unpaired) electrons. The van der Waals surface area contributed by atoms with Crippen molar-refractivity contribution in [2.45, 2.75) is 55.3 Å². The largest absolute Gasteiger partial charge is 0.379 e. The van der Waals surface area contributed by atoms with Gasteiger partial charge in [-0.2, -0.15) is 0 Å². The zero-order chi connectivity index (χ0) is 15.8. The molecule has 0 aromatic heterocycles. The van der Waals surface area contributed by atoms with Crippen molar-refractivity contribution in [2.75, 3.05) is 32.8 Å². The molecule has 2 aliphatic carbocycles. The summed E-state index contributed by atoms with van der Waals surface area (Å²) in [7, 11) is 0. The van der Waals surface area contributed by atoms with Gasteiger partial charge in [-0.15, -0.1) is 23.2 Å². The summed E-state index contributed by atoms with van der Waals surface area (Å²) in [5.41, 5.74) is -0.540. The molecule has 3 rings (SSSR count). The average Bonchev–Trinajstić information content (AvgIpc) is 3.06. The Morgan fingerprint density at radius 3 is 2.32 bits per heavy atom. The first-order valence-corrected chi connectivity index (χ1v) is 9.14. The molecule has 1 aliphatic heterocycles. The van der Waals surface area contributed by atoms with Gasteiger partial charge in [0, 0.05) is 25.2 Å². The summed E-state index contributed by atoms with van der Waals surface area (Å²) in [6.45, 7) is 6.06. The van der Waals surface area contributed by atoms with E-state index in [1.807, 2.05) is 6.92 Å². The number of hydrogen-bond donors (Lipinski definition) is 1. The Labute approximate surface area is 142 Å². The lowest BCUT2D eigenvalue weighted by atomic mass is 9.79. The maximum atomic E-state index is 12.5. The molecule has 4 nitrogen and oxygen atoms in total. The second-order valence-electron chi connectivity index (χ2n) is 7.28. The number of carbonyl (C=O) groups excluding carboxylic acids is 1. The van der Waals surface area contributed by atoms with Crippen molar-refractivity contribution >= 4 is 29.1 Å². The number of halogens is 2. The molecule has 0 bridgehead atoms. The molecule has 3 aliphatic rings. The number of nitrogens with one attached hydrogen (secondary N) is 1. The number of alkyl halides is 2. The van der Waals surface area contributed by atoms with Crippen LogP contribution in [0.5, 0.6) is 0 Å². The summed E-state index contributed by atoms with van der Waals surface area (Å²) in [5, 5.41) is 3.16. The topological polar surface area (TPSA) is 41.6 Å². The van der Waals surface area contributed by atoms with Crippen LogP contribution in [0.3, 0.4) is 0 Å². The predicted molar refractivity (Wildman–Crippen MR) is 88.4 cm³/mol. The summed E-state index contributed by atoms with van der Waals surface area (Å²) in [6, 6.07) is 0. The van der Waals surface area contributed by atoms with Gasteiger partial charge in [0.2, 0.25) is 5.91 Å². The highest BCUT2D eigenvalue weighted by Crippen LogP contribution is 2.63. The van der Waals surface area contributed by atoms with E-state index in [1.54, 1.807) is 0 Å². The Balaban J connectivity index is 1.64. The number of amides is 1. The minimum absolute atomic E-state index is 0.00397. The summed E-state index contributed by atoms with van der Waals surface area (Å²) >= 11 is 12.3. The Morgan fingerprint density at radius 2 is 1.77 bits per heavy atom. The van der Waals surface area contributed by atoms with E-state index in [1.165, 1.54) is 19.3 Å². The third-order valence-electron chi connectivity index (χ3n) is 5.80. The monoisotopic (exact) mass is 348 g/mol. The molecule has 2 saturated carbocycles. The molecule has 22 heavy (non-hydrogen) atoms. The fraction of sp³-hybridized carbons (Fsp3) is 0.938. The molecule has 0 unspecified atom stereocenters. The number of rotatable bonds is 4. The van der Waals surface area contributed by atoms with Gasteiger partial charge < -0.3 is 10.1 Å². The van der Waals surface area contributed by atoms with Crippen LogP contribution < -0.4 is 5.32 Å². The van der Waals surface area contributed by atoms with Crippen molar-refractivity contribution in [3.63, 3.8) is 0 Å². The molecular weight excluding hydrogens is 323 g/mol. The smallest absolute Gasteiger partial charge is 0.229 e. The van der Waals surface area contributed by atoms with Gasteiger partial charge in [0.1, 0.15) is 4.33 Å². The summed E-state index contributed by atoms with van der Waals surface area (Å²) in [5.74, 6) is -0.00397. The molecule has 0 aromatic rings. The van der Waals surface area contributed by atoms with E-state index in [0.717, 1.165) is 39.1 Å². The van der Waals surface area contributed by atoms with Crippen LogP contribution in [0.15, 0.2) is 0 Å². The van der Waals surface area contributed by atoms with Gasteiger partial charge >= 0.3 is 0 Å². The molecule has 0 spiro atoms. The van der Waals surface area contributed by atoms with Crippen molar-refractivity contribution in [3.05, 3.63) is 0 Å². The molecule has 1 heterocycles. The van der Waals surface area contributed by atoms with Crippen molar-refractivity contribution in [3.8, 4) is 0 Å². The highest BCUT2D eigenvalue weighted by molar-refractivity contribution is 6.53. The van der Waals surface area contributed by atoms with Crippen LogP contribution in [0.2, 0.25) is 0 Å². The summed E-state index contributed by atoms with van der Waals surface area (Å²) in [6.07, 6.45) is 6.61. The lowest BCUT2D eigenvalue weighted by Gasteiger charge is -2.48. The quantitative estimate of drug-likeness (QED) is 0.794. The maximum Gasteiger partial charge on any atom is 0.229 e. The fourth-order valence-corrected chi connectivity index (χ4v) is 4.64. The minimum Gasteiger partial charge on any atom is -0.379 e. The molecule has 1 saturated heterocycles. The van der Waals surface area contributed by atoms with E-state index < -0.39 is 9.75 Å². The Bertz CT molecular complexity index is 432. The van der Waals surface area contributed by atoms with Crippen molar-refractivity contribution < 1.29 is 9.53 Å². The van der Waals surface area contributed by atoms with E-state index in [-0.39, 0.29) is 11.4 Å². The van der Waals surface area contributed by atoms with E-state index in [2.05, 4.69) is 10.2 Å². The molecule has 1 amide bonds. The second kappa shape index (κ2) is 6.12. The predicted octanol–water partition coefficient (Wildman–Crippen LogP) is 2.72. The van der Waals surface area contributed by atoms with Gasteiger partial charge in [-0.05, 0) is 26.2 Å². The van der Waals surface area contributed by atoms with Crippen LogP contribution in [0, 0.1) is 5.41 Å². The van der Waals surface area contributed by atoms with Gasteiger partial charge in [0.25, 0.3) is 0 Å². The van der Waals surface area contributed by atoms with Crippen molar-refractivity contribution in [1.82, 2.24) is 10.2 Å². The van der Waals surface area contributed by atoms with Crippen LogP contribution >= 0.6 is 23.2 Å². The zero-order valence-electron chi connectivity index (χ0n) is 13.3. The van der Waals surface area contributed by atoms with Gasteiger partial charge in [0.15, 0.2) is 0 Å². The van der Waals surface area contributed by atoms with E-state index in [9.17, 15) is 4.79 Å². The molecular formula is C16H26Cl2N2O2. The molecule has 126 valence electrons. The number of nitrogens with zero attached hydrogens (tertiary/aromatic N) is 1.